The number of aromatic nitrogens is 2. The number of hydrogen-bond donors (Lipinski definition) is 1. The average Bonchev–Trinajstić information content (AvgIpc) is 2.31. The molecule has 0 aliphatic rings. The van der Waals surface area contributed by atoms with E-state index in [4.69, 9.17) is 5.11 Å². The zero-order valence-corrected chi connectivity index (χ0v) is 8.92. The van der Waals surface area contributed by atoms with Gasteiger partial charge in [-0.15, -0.1) is 0 Å². The van der Waals surface area contributed by atoms with Gasteiger partial charge in [-0.1, -0.05) is 18.2 Å². The highest BCUT2D eigenvalue weighted by Crippen LogP contribution is 2.17. The molecule has 1 aromatic carbocycles. The Morgan fingerprint density at radius 2 is 1.56 bits per heavy atom. The van der Waals surface area contributed by atoms with Gasteiger partial charge >= 0.3 is 0 Å². The molecule has 6 heteroatoms. The van der Waals surface area contributed by atoms with Crippen LogP contribution in [-0.4, -0.2) is 23.5 Å². The molecule has 82 valence electrons. The van der Waals surface area contributed by atoms with Crippen molar-refractivity contribution in [1.82, 2.24) is 9.97 Å². The van der Waals surface area contributed by atoms with E-state index >= 15 is 0 Å². The lowest BCUT2D eigenvalue weighted by molar-refractivity contribution is 0.466. The van der Waals surface area contributed by atoms with E-state index in [1.165, 1.54) is 12.1 Å². The summed E-state index contributed by atoms with van der Waals surface area (Å²) in [4.78, 5) is 7.28. The lowest BCUT2D eigenvalue weighted by Crippen LogP contribution is -2.06. The van der Waals surface area contributed by atoms with Crippen molar-refractivity contribution in [2.75, 3.05) is 0 Å². The molecular weight excluding hydrogens is 228 g/mol. The predicted octanol–water partition coefficient (Wildman–Crippen LogP) is 1.01. The summed E-state index contributed by atoms with van der Waals surface area (Å²) in [6.45, 7) is 0. The second-order valence-electron chi connectivity index (χ2n) is 3.04. The monoisotopic (exact) mass is 236 g/mol. The fraction of sp³-hybridized carbons (Fsp3) is 0. The van der Waals surface area contributed by atoms with E-state index in [0.29, 0.717) is 0 Å². The molecule has 0 bridgehead atoms. The molecule has 0 aliphatic carbocycles. The maximum atomic E-state index is 11.9. The number of sulfone groups is 1. The Bertz CT molecular complexity index is 579. The topological polar surface area (TPSA) is 80.2 Å². The molecule has 2 rings (SSSR count). The van der Waals surface area contributed by atoms with Gasteiger partial charge in [-0.05, 0) is 12.1 Å². The highest BCUT2D eigenvalue weighted by atomic mass is 32.2. The van der Waals surface area contributed by atoms with Gasteiger partial charge in [-0.2, -0.15) is 0 Å². The van der Waals surface area contributed by atoms with E-state index < -0.39 is 9.84 Å². The molecule has 0 spiro atoms. The summed E-state index contributed by atoms with van der Waals surface area (Å²) in [7, 11) is -3.69. The number of benzene rings is 1. The summed E-state index contributed by atoms with van der Waals surface area (Å²) < 4.78 is 23.9. The summed E-state index contributed by atoms with van der Waals surface area (Å²) in [5.41, 5.74) is 0. The number of nitrogens with zero attached hydrogens (tertiary/aromatic N) is 2. The molecule has 0 aliphatic heterocycles. The first-order valence-electron chi connectivity index (χ1n) is 4.42. The van der Waals surface area contributed by atoms with Crippen LogP contribution in [0.4, 0.5) is 0 Å². The van der Waals surface area contributed by atoms with Crippen LogP contribution < -0.4 is 0 Å². The first-order chi connectivity index (χ1) is 7.60. The Balaban J connectivity index is 2.52. The molecule has 1 aromatic heterocycles. The van der Waals surface area contributed by atoms with E-state index in [-0.39, 0.29) is 15.8 Å². The van der Waals surface area contributed by atoms with Crippen LogP contribution in [0.2, 0.25) is 0 Å². The molecule has 1 N–H and O–H groups in total. The average molecular weight is 236 g/mol. The van der Waals surface area contributed by atoms with E-state index in [2.05, 4.69) is 9.97 Å². The highest BCUT2D eigenvalue weighted by molar-refractivity contribution is 7.91. The minimum Gasteiger partial charge on any atom is -0.505 e. The molecule has 0 radical (unpaired) electrons. The summed E-state index contributed by atoms with van der Waals surface area (Å²) in [6.07, 6.45) is 2.09. The van der Waals surface area contributed by atoms with Crippen molar-refractivity contribution in [3.63, 3.8) is 0 Å². The molecule has 1 heterocycles. The van der Waals surface area contributed by atoms with Crippen LogP contribution in [0.5, 0.6) is 5.75 Å². The smallest absolute Gasteiger partial charge is 0.252 e. The third kappa shape index (κ3) is 1.87. The fourth-order valence-electron chi connectivity index (χ4n) is 1.15. The molecule has 0 saturated heterocycles. The van der Waals surface area contributed by atoms with E-state index in [0.717, 1.165) is 12.4 Å². The number of hydrogen-bond acceptors (Lipinski definition) is 5. The maximum absolute atomic E-state index is 11.9. The van der Waals surface area contributed by atoms with Crippen molar-refractivity contribution in [3.8, 4) is 5.75 Å². The first-order valence-corrected chi connectivity index (χ1v) is 5.90. The van der Waals surface area contributed by atoms with E-state index in [9.17, 15) is 8.42 Å². The maximum Gasteiger partial charge on any atom is 0.252 e. The molecule has 16 heavy (non-hydrogen) atoms. The molecule has 0 amide bonds. The lowest BCUT2D eigenvalue weighted by atomic mass is 10.4. The summed E-state index contributed by atoms with van der Waals surface area (Å²) in [6, 6.07) is 7.88. The van der Waals surface area contributed by atoms with Gasteiger partial charge < -0.3 is 5.11 Å². The molecule has 0 unspecified atom stereocenters. The van der Waals surface area contributed by atoms with Gasteiger partial charge in [-0.25, -0.2) is 18.4 Å². The summed E-state index contributed by atoms with van der Waals surface area (Å²) in [5.74, 6) is -0.174. The highest BCUT2D eigenvalue weighted by Gasteiger charge is 2.20. The first kappa shape index (κ1) is 10.6. The molecule has 0 fully saturated rings. The van der Waals surface area contributed by atoms with Crippen LogP contribution in [0.3, 0.4) is 0 Å². The van der Waals surface area contributed by atoms with Crippen molar-refractivity contribution in [3.05, 3.63) is 42.7 Å². The normalized spacial score (nSPS) is 11.2. The van der Waals surface area contributed by atoms with Crippen LogP contribution in [0.25, 0.3) is 0 Å². The molecule has 5 nitrogen and oxygen atoms in total. The largest absolute Gasteiger partial charge is 0.505 e. The fourth-order valence-corrected chi connectivity index (χ4v) is 2.26. The quantitative estimate of drug-likeness (QED) is 0.787. The second-order valence-corrected chi connectivity index (χ2v) is 4.88. The molecule has 0 saturated carbocycles. The van der Waals surface area contributed by atoms with Crippen LogP contribution in [0.15, 0.2) is 52.8 Å². The Morgan fingerprint density at radius 1 is 1.00 bits per heavy atom. The Labute approximate surface area is 92.3 Å². The van der Waals surface area contributed by atoms with Crippen molar-refractivity contribution in [2.45, 2.75) is 10.1 Å². The van der Waals surface area contributed by atoms with Crippen molar-refractivity contribution in [2.24, 2.45) is 0 Å². The molecular formula is C10H8N2O3S. The second kappa shape index (κ2) is 3.90. The van der Waals surface area contributed by atoms with Gasteiger partial charge in [0.1, 0.15) is 0 Å². The van der Waals surface area contributed by atoms with Crippen molar-refractivity contribution in [1.29, 1.82) is 0 Å². The van der Waals surface area contributed by atoms with Gasteiger partial charge in [0.2, 0.25) is 9.84 Å². The lowest BCUT2D eigenvalue weighted by Gasteiger charge is -2.01. The van der Waals surface area contributed by atoms with Crippen molar-refractivity contribution >= 4 is 9.84 Å². The third-order valence-corrected chi connectivity index (χ3v) is 3.49. The van der Waals surface area contributed by atoms with Crippen LogP contribution >= 0.6 is 0 Å². The minimum absolute atomic E-state index is 0.126. The third-order valence-electron chi connectivity index (χ3n) is 1.91. The molecule has 2 aromatic rings. The molecule has 0 atom stereocenters. The Kier molecular flexibility index (Phi) is 2.57. The predicted molar refractivity (Wildman–Crippen MR) is 55.6 cm³/mol. The summed E-state index contributed by atoms with van der Waals surface area (Å²) >= 11 is 0. The zero-order chi connectivity index (χ0) is 11.6. The van der Waals surface area contributed by atoms with Crippen LogP contribution in [0, 0.1) is 0 Å². The van der Waals surface area contributed by atoms with Gasteiger partial charge in [0.15, 0.2) is 5.75 Å². The number of rotatable bonds is 2. The van der Waals surface area contributed by atoms with Crippen molar-refractivity contribution < 1.29 is 13.5 Å². The van der Waals surface area contributed by atoms with E-state index in [1.807, 2.05) is 0 Å². The minimum atomic E-state index is -3.69. The standard InChI is InChI=1S/C10H8N2O3S/c13-8-6-11-10(12-7-8)16(14,15)9-4-2-1-3-5-9/h1-7,13H. The van der Waals surface area contributed by atoms with Crippen LogP contribution in [-0.2, 0) is 9.84 Å². The SMILES string of the molecule is O=S(=O)(c1ccccc1)c1ncc(O)cn1. The van der Waals surface area contributed by atoms with Gasteiger partial charge in [-0.3, -0.25) is 0 Å². The van der Waals surface area contributed by atoms with Gasteiger partial charge in [0.05, 0.1) is 17.3 Å². The Hall–Kier alpha value is -1.95. The van der Waals surface area contributed by atoms with E-state index in [1.54, 1.807) is 18.2 Å². The van der Waals surface area contributed by atoms with Crippen LogP contribution in [0.1, 0.15) is 0 Å². The number of aromatic hydroxyl groups is 1. The zero-order valence-electron chi connectivity index (χ0n) is 8.11. The van der Waals surface area contributed by atoms with Gasteiger partial charge in [0, 0.05) is 0 Å². The Morgan fingerprint density at radius 3 is 2.12 bits per heavy atom. The van der Waals surface area contributed by atoms with Gasteiger partial charge in [0.25, 0.3) is 5.16 Å². The summed E-state index contributed by atoms with van der Waals surface area (Å²) in [5, 5.41) is 8.65.